The van der Waals surface area contributed by atoms with Crippen LogP contribution >= 0.6 is 32.5 Å². The highest BCUT2D eigenvalue weighted by Gasteiger charge is 2.38. The molecule has 39 heavy (non-hydrogen) atoms. The molecule has 2 aliphatic rings. The summed E-state index contributed by atoms with van der Waals surface area (Å²) in [6.45, 7) is 5.46. The van der Waals surface area contributed by atoms with E-state index in [0.717, 1.165) is 42.6 Å². The van der Waals surface area contributed by atoms with E-state index in [1.165, 1.54) is 22.6 Å². The number of ether oxygens (including phenoxy) is 2. The number of carbonyl (C=O) groups is 1. The van der Waals surface area contributed by atoms with E-state index in [1.54, 1.807) is 0 Å². The normalized spacial score (nSPS) is 22.5. The van der Waals surface area contributed by atoms with Crippen LogP contribution in [0.2, 0.25) is 5.15 Å². The van der Waals surface area contributed by atoms with Crippen LogP contribution in [0.5, 0.6) is 0 Å². The molecule has 0 spiro atoms. The van der Waals surface area contributed by atoms with Crippen LogP contribution in [0, 0.1) is 0 Å². The van der Waals surface area contributed by atoms with Crippen LogP contribution < -0.4 is 15.3 Å². The van der Waals surface area contributed by atoms with E-state index >= 15 is 0 Å². The number of alkyl halides is 3. The molecule has 1 amide bonds. The third-order valence-electron chi connectivity index (χ3n) is 6.34. The maximum Gasteiger partial charge on any atom is 0.410 e. The van der Waals surface area contributed by atoms with Gasteiger partial charge in [-0.1, -0.05) is 11.6 Å². The molecule has 2 aromatic rings. The SMILES string of the molecule is CC(C)(C)OC(=O)N(C1CCC(Nc2cc(NCC(F)(F)F)c(N=c3ssnc3Cl)cn2)CC1)[C@H]1CCOC1. The first-order valence-corrected chi connectivity index (χ1v) is 15.2. The minimum Gasteiger partial charge on any atom is -0.444 e. The average Bonchev–Trinajstić information content (AvgIpc) is 3.51. The first kappa shape index (κ1) is 29.8. The van der Waals surface area contributed by atoms with Gasteiger partial charge in [-0.15, -0.1) is 0 Å². The topological polar surface area (TPSA) is 101 Å². The van der Waals surface area contributed by atoms with E-state index in [9.17, 15) is 18.0 Å². The zero-order chi connectivity index (χ0) is 28.2. The second-order valence-electron chi connectivity index (χ2n) is 10.6. The summed E-state index contributed by atoms with van der Waals surface area (Å²) in [5.41, 5.74) is -0.175. The predicted molar refractivity (Wildman–Crippen MR) is 146 cm³/mol. The van der Waals surface area contributed by atoms with Gasteiger partial charge >= 0.3 is 12.3 Å². The summed E-state index contributed by atoms with van der Waals surface area (Å²) < 4.78 is 54.5. The minimum atomic E-state index is -4.40. The fraction of sp³-hybridized carbons (Fsp3) is 0.667. The number of pyridine rings is 1. The maximum atomic E-state index is 13.1. The summed E-state index contributed by atoms with van der Waals surface area (Å²) in [6.07, 6.45) is 0.496. The van der Waals surface area contributed by atoms with Crippen molar-refractivity contribution in [1.82, 2.24) is 14.3 Å². The number of anilines is 2. The summed E-state index contributed by atoms with van der Waals surface area (Å²) in [5.74, 6) is 0.438. The van der Waals surface area contributed by atoms with E-state index in [-0.39, 0.29) is 40.7 Å². The fourth-order valence-electron chi connectivity index (χ4n) is 4.65. The number of hydrogen-bond acceptors (Lipinski definition) is 10. The van der Waals surface area contributed by atoms with Gasteiger partial charge in [0.2, 0.25) is 0 Å². The number of rotatable bonds is 7. The molecule has 2 fully saturated rings. The number of nitrogens with zero attached hydrogens (tertiary/aromatic N) is 4. The van der Waals surface area contributed by atoms with Gasteiger partial charge in [0, 0.05) is 35.3 Å². The summed E-state index contributed by atoms with van der Waals surface area (Å²) >= 11 is 6.02. The third kappa shape index (κ3) is 8.66. The number of nitrogens with one attached hydrogen (secondary N) is 2. The van der Waals surface area contributed by atoms with Crippen LogP contribution in [0.1, 0.15) is 52.9 Å². The lowest BCUT2D eigenvalue weighted by Crippen LogP contribution is -2.51. The highest BCUT2D eigenvalue weighted by molar-refractivity contribution is 7.66. The Bertz CT molecular complexity index is 1190. The van der Waals surface area contributed by atoms with Crippen molar-refractivity contribution in [2.75, 3.05) is 30.4 Å². The van der Waals surface area contributed by atoms with Crippen molar-refractivity contribution in [3.8, 4) is 0 Å². The van der Waals surface area contributed by atoms with Gasteiger partial charge in [-0.2, -0.15) is 17.5 Å². The summed E-state index contributed by atoms with van der Waals surface area (Å²) in [5, 5.41) is 5.96. The Kier molecular flexibility index (Phi) is 9.61. The molecule has 1 aliphatic heterocycles. The van der Waals surface area contributed by atoms with Gasteiger partial charge < -0.3 is 20.1 Å². The Morgan fingerprint density at radius 1 is 1.23 bits per heavy atom. The summed E-state index contributed by atoms with van der Waals surface area (Å²) in [6, 6.07) is 1.58. The Morgan fingerprint density at radius 2 is 1.97 bits per heavy atom. The molecule has 0 radical (unpaired) electrons. The largest absolute Gasteiger partial charge is 0.444 e. The standard InChI is InChI=1S/C24H32ClF3N6O3S2/c1-23(2,3)37-22(35)34(16-8-9-36-12-16)15-6-4-14(5-7-15)31-19-10-17(30-13-24(26,27)28)18(11-29-19)32-21-20(25)33-39-38-21/h10-11,14-16H,4-9,12-13H2,1-3H3,(H2,29,30,31)/t14?,15?,16-/m0/s1. The first-order valence-electron chi connectivity index (χ1n) is 12.7. The van der Waals surface area contributed by atoms with Crippen molar-refractivity contribution in [3.63, 3.8) is 0 Å². The molecule has 1 saturated heterocycles. The van der Waals surface area contributed by atoms with E-state index in [2.05, 4.69) is 25.0 Å². The molecule has 1 saturated carbocycles. The summed E-state index contributed by atoms with van der Waals surface area (Å²) in [7, 11) is 2.36. The van der Waals surface area contributed by atoms with Crippen LogP contribution in [0.4, 0.5) is 35.2 Å². The Labute approximate surface area is 237 Å². The van der Waals surface area contributed by atoms with Crippen molar-refractivity contribution in [1.29, 1.82) is 0 Å². The highest BCUT2D eigenvalue weighted by atomic mass is 35.5. The third-order valence-corrected chi connectivity index (χ3v) is 8.51. The number of hydrogen-bond donors (Lipinski definition) is 2. The zero-order valence-corrected chi connectivity index (χ0v) is 24.3. The smallest absolute Gasteiger partial charge is 0.410 e. The Hall–Kier alpha value is -2.16. The lowest BCUT2D eigenvalue weighted by Gasteiger charge is -2.40. The van der Waals surface area contributed by atoms with Crippen LogP contribution in [-0.4, -0.2) is 70.0 Å². The van der Waals surface area contributed by atoms with Gasteiger partial charge in [-0.3, -0.25) is 4.90 Å². The quantitative estimate of drug-likeness (QED) is 0.361. The monoisotopic (exact) mass is 608 g/mol. The molecule has 2 aromatic heterocycles. The maximum absolute atomic E-state index is 13.1. The van der Waals surface area contributed by atoms with Crippen molar-refractivity contribution < 1.29 is 27.4 Å². The molecule has 4 rings (SSSR count). The van der Waals surface area contributed by atoms with Crippen LogP contribution in [0.25, 0.3) is 0 Å². The zero-order valence-electron chi connectivity index (χ0n) is 21.9. The van der Waals surface area contributed by atoms with E-state index < -0.39 is 18.3 Å². The second kappa shape index (κ2) is 12.6. The van der Waals surface area contributed by atoms with Crippen molar-refractivity contribution >= 4 is 55.8 Å². The second-order valence-corrected chi connectivity index (χ2v) is 12.8. The molecule has 15 heteroatoms. The fourth-order valence-corrected chi connectivity index (χ4v) is 6.63. The van der Waals surface area contributed by atoms with Crippen LogP contribution in [0.3, 0.4) is 0 Å². The van der Waals surface area contributed by atoms with Gasteiger partial charge in [0.05, 0.1) is 24.5 Å². The lowest BCUT2D eigenvalue weighted by molar-refractivity contribution is -0.115. The van der Waals surface area contributed by atoms with Gasteiger partial charge in [0.1, 0.15) is 23.7 Å². The molecule has 216 valence electrons. The van der Waals surface area contributed by atoms with Crippen LogP contribution in [0.15, 0.2) is 17.3 Å². The van der Waals surface area contributed by atoms with E-state index in [4.69, 9.17) is 21.1 Å². The number of aromatic nitrogens is 2. The number of carbonyl (C=O) groups excluding carboxylic acids is 1. The van der Waals surface area contributed by atoms with E-state index in [1.807, 2.05) is 25.7 Å². The number of halogens is 4. The van der Waals surface area contributed by atoms with Crippen LogP contribution in [-0.2, 0) is 9.47 Å². The van der Waals surface area contributed by atoms with Gasteiger partial charge in [0.15, 0.2) is 9.82 Å². The van der Waals surface area contributed by atoms with Gasteiger partial charge in [-0.05, 0) is 63.2 Å². The minimum absolute atomic E-state index is 0.0116. The van der Waals surface area contributed by atoms with Crippen molar-refractivity contribution in [2.45, 2.75) is 82.8 Å². The first-order chi connectivity index (χ1) is 18.4. The van der Waals surface area contributed by atoms with E-state index in [0.29, 0.717) is 23.7 Å². The molecular formula is C24H32ClF3N6O3S2. The molecule has 0 aromatic carbocycles. The Morgan fingerprint density at radius 3 is 2.56 bits per heavy atom. The predicted octanol–water partition coefficient (Wildman–Crippen LogP) is 6.21. The molecule has 1 atom stereocenters. The molecule has 0 bridgehead atoms. The Balaban J connectivity index is 1.44. The molecular weight excluding hydrogens is 577 g/mol. The molecule has 9 nitrogen and oxygen atoms in total. The molecule has 3 heterocycles. The average molecular weight is 609 g/mol. The van der Waals surface area contributed by atoms with Crippen molar-refractivity contribution in [2.24, 2.45) is 4.99 Å². The molecule has 2 N–H and O–H groups in total. The van der Waals surface area contributed by atoms with Gasteiger partial charge in [-0.25, -0.2) is 14.8 Å². The number of amides is 1. The molecule has 1 aliphatic carbocycles. The van der Waals surface area contributed by atoms with Crippen molar-refractivity contribution in [3.05, 3.63) is 22.1 Å². The van der Waals surface area contributed by atoms with Gasteiger partial charge in [0.25, 0.3) is 0 Å². The lowest BCUT2D eigenvalue weighted by atomic mass is 9.89. The summed E-state index contributed by atoms with van der Waals surface area (Å²) in [4.78, 5) is 23.7. The highest BCUT2D eigenvalue weighted by Crippen LogP contribution is 2.32. The molecule has 0 unspecified atom stereocenters.